The zero-order chi connectivity index (χ0) is 12.6. The second kappa shape index (κ2) is 3.95. The fraction of sp³-hybridized carbons (Fsp3) is 0.462. The number of aromatic hydroxyl groups is 1. The van der Waals surface area contributed by atoms with Gasteiger partial charge in [-0.05, 0) is 26.8 Å². The summed E-state index contributed by atoms with van der Waals surface area (Å²) in [5.74, 6) is 0.849. The maximum Gasteiger partial charge on any atom is 0.192 e. The Morgan fingerprint density at radius 1 is 1.35 bits per heavy atom. The number of hydrogen-bond donors (Lipinski definition) is 2. The molecule has 0 fully saturated rings. The second-order valence-electron chi connectivity index (χ2n) is 5.31. The number of benzene rings is 1. The van der Waals surface area contributed by atoms with Gasteiger partial charge in [0.2, 0.25) is 0 Å². The van der Waals surface area contributed by atoms with Crippen LogP contribution in [-0.4, -0.2) is 28.0 Å². The zero-order valence-electron chi connectivity index (χ0n) is 10.5. The lowest BCUT2D eigenvalue weighted by Crippen LogP contribution is -2.48. The van der Waals surface area contributed by atoms with Crippen molar-refractivity contribution < 1.29 is 5.11 Å². The lowest BCUT2D eigenvalue weighted by molar-refractivity contribution is 0.191. The second-order valence-corrected chi connectivity index (χ2v) is 5.31. The molecule has 0 aliphatic carbocycles. The summed E-state index contributed by atoms with van der Waals surface area (Å²) in [5, 5.41) is 9.92. The molecular weight excluding hydrogens is 214 g/mol. The molecule has 2 rings (SSSR count). The van der Waals surface area contributed by atoms with Gasteiger partial charge in [-0.2, -0.15) is 0 Å². The van der Waals surface area contributed by atoms with E-state index < -0.39 is 0 Å². The van der Waals surface area contributed by atoms with Crippen LogP contribution in [-0.2, 0) is 0 Å². The van der Waals surface area contributed by atoms with Gasteiger partial charge in [-0.3, -0.25) is 4.99 Å². The third-order valence-corrected chi connectivity index (χ3v) is 3.00. The summed E-state index contributed by atoms with van der Waals surface area (Å²) in [7, 11) is 0. The van der Waals surface area contributed by atoms with Crippen molar-refractivity contribution in [2.45, 2.75) is 32.4 Å². The summed E-state index contributed by atoms with van der Waals surface area (Å²) >= 11 is 0. The van der Waals surface area contributed by atoms with E-state index >= 15 is 0 Å². The van der Waals surface area contributed by atoms with Crippen LogP contribution in [0, 0.1) is 0 Å². The minimum atomic E-state index is -0.114. The maximum atomic E-state index is 9.92. The molecule has 1 unspecified atom stereocenters. The first-order chi connectivity index (χ1) is 7.91. The van der Waals surface area contributed by atoms with Crippen molar-refractivity contribution in [2.24, 2.45) is 10.7 Å². The molecular formula is C13H19N3O. The van der Waals surface area contributed by atoms with Crippen LogP contribution in [0.25, 0.3) is 0 Å². The van der Waals surface area contributed by atoms with Gasteiger partial charge in [0.05, 0.1) is 12.6 Å². The predicted molar refractivity (Wildman–Crippen MR) is 68.9 cm³/mol. The Hall–Kier alpha value is -1.71. The first kappa shape index (κ1) is 11.8. The molecule has 0 saturated carbocycles. The first-order valence-corrected chi connectivity index (χ1v) is 5.78. The molecule has 4 nitrogen and oxygen atoms in total. The molecule has 1 aromatic carbocycles. The van der Waals surface area contributed by atoms with Crippen molar-refractivity contribution in [3.63, 3.8) is 0 Å². The van der Waals surface area contributed by atoms with Crippen LogP contribution >= 0.6 is 0 Å². The van der Waals surface area contributed by atoms with E-state index in [1.54, 1.807) is 6.07 Å². The molecule has 0 bridgehead atoms. The molecule has 1 aliphatic heterocycles. The van der Waals surface area contributed by atoms with E-state index in [1.165, 1.54) is 0 Å². The Balaban J connectivity index is 2.38. The maximum absolute atomic E-state index is 9.92. The molecule has 17 heavy (non-hydrogen) atoms. The minimum absolute atomic E-state index is 0.0243. The Labute approximate surface area is 102 Å². The number of hydrogen-bond acceptors (Lipinski definition) is 4. The summed E-state index contributed by atoms with van der Waals surface area (Å²) in [6.45, 7) is 6.87. The van der Waals surface area contributed by atoms with Crippen molar-refractivity contribution in [2.75, 3.05) is 6.54 Å². The Morgan fingerprint density at radius 2 is 2.00 bits per heavy atom. The van der Waals surface area contributed by atoms with E-state index in [-0.39, 0.29) is 11.6 Å². The van der Waals surface area contributed by atoms with Gasteiger partial charge in [0.25, 0.3) is 0 Å². The van der Waals surface area contributed by atoms with Crippen molar-refractivity contribution in [3.8, 4) is 5.75 Å². The number of guanidine groups is 1. The number of rotatable bonds is 1. The third kappa shape index (κ3) is 2.07. The quantitative estimate of drug-likeness (QED) is 0.778. The van der Waals surface area contributed by atoms with Crippen LogP contribution in [0.5, 0.6) is 5.75 Å². The smallest absolute Gasteiger partial charge is 0.192 e. The largest absolute Gasteiger partial charge is 0.508 e. The van der Waals surface area contributed by atoms with Crippen LogP contribution in [0.1, 0.15) is 32.4 Å². The summed E-state index contributed by atoms with van der Waals surface area (Å²) in [6, 6.07) is 7.39. The van der Waals surface area contributed by atoms with Gasteiger partial charge in [0.15, 0.2) is 5.96 Å². The fourth-order valence-corrected chi connectivity index (χ4v) is 2.32. The first-order valence-electron chi connectivity index (χ1n) is 5.78. The highest BCUT2D eigenvalue weighted by Gasteiger charge is 2.36. The monoisotopic (exact) mass is 233 g/mol. The van der Waals surface area contributed by atoms with Gasteiger partial charge < -0.3 is 15.7 Å². The van der Waals surface area contributed by atoms with E-state index in [4.69, 9.17) is 5.73 Å². The lowest BCUT2D eigenvalue weighted by Gasteiger charge is -2.38. The molecule has 1 aliphatic rings. The van der Waals surface area contributed by atoms with Crippen LogP contribution in [0.15, 0.2) is 29.3 Å². The van der Waals surface area contributed by atoms with Crippen molar-refractivity contribution in [1.82, 2.24) is 4.90 Å². The molecule has 0 radical (unpaired) electrons. The van der Waals surface area contributed by atoms with Gasteiger partial charge in [-0.15, -0.1) is 0 Å². The van der Waals surface area contributed by atoms with Crippen molar-refractivity contribution in [3.05, 3.63) is 29.8 Å². The van der Waals surface area contributed by atoms with Gasteiger partial charge in [-0.25, -0.2) is 0 Å². The predicted octanol–water partition coefficient (Wildman–Crippen LogP) is 1.86. The van der Waals surface area contributed by atoms with Gasteiger partial charge >= 0.3 is 0 Å². The highest BCUT2D eigenvalue weighted by molar-refractivity contribution is 5.81. The van der Waals surface area contributed by atoms with Gasteiger partial charge in [0.1, 0.15) is 5.75 Å². The number of nitrogens with zero attached hydrogens (tertiary/aromatic N) is 2. The number of phenols is 1. The van der Waals surface area contributed by atoms with E-state index in [0.29, 0.717) is 18.3 Å². The molecule has 0 spiro atoms. The molecule has 3 N–H and O–H groups in total. The Morgan fingerprint density at radius 3 is 2.59 bits per heavy atom. The van der Waals surface area contributed by atoms with Crippen LogP contribution in [0.3, 0.4) is 0 Å². The van der Waals surface area contributed by atoms with Crippen LogP contribution in [0.2, 0.25) is 0 Å². The standard InChI is InChI=1S/C13H19N3O/c1-13(2,3)16-10(8-15-12(16)14)9-6-4-5-7-11(9)17/h4-7,10,17H,8H2,1-3H3,(H2,14,15). The molecule has 0 aromatic heterocycles. The summed E-state index contributed by atoms with van der Waals surface area (Å²) in [4.78, 5) is 6.35. The Bertz CT molecular complexity index is 448. The average molecular weight is 233 g/mol. The summed E-state index contributed by atoms with van der Waals surface area (Å²) in [5.41, 5.74) is 6.70. The van der Waals surface area contributed by atoms with E-state index in [2.05, 4.69) is 30.7 Å². The molecule has 92 valence electrons. The van der Waals surface area contributed by atoms with Gasteiger partial charge in [0, 0.05) is 11.1 Å². The Kier molecular flexibility index (Phi) is 2.73. The summed E-state index contributed by atoms with van der Waals surface area (Å²) in [6.07, 6.45) is 0. The summed E-state index contributed by atoms with van der Waals surface area (Å²) < 4.78 is 0. The van der Waals surface area contributed by atoms with Crippen molar-refractivity contribution >= 4 is 5.96 Å². The highest BCUT2D eigenvalue weighted by Crippen LogP contribution is 2.35. The van der Waals surface area contributed by atoms with E-state index in [1.807, 2.05) is 18.2 Å². The molecule has 4 heteroatoms. The lowest BCUT2D eigenvalue weighted by atomic mass is 9.99. The number of aliphatic imine (C=N–C) groups is 1. The zero-order valence-corrected chi connectivity index (χ0v) is 10.5. The van der Waals surface area contributed by atoms with Gasteiger partial charge in [-0.1, -0.05) is 18.2 Å². The fourth-order valence-electron chi connectivity index (χ4n) is 2.32. The highest BCUT2D eigenvalue weighted by atomic mass is 16.3. The van der Waals surface area contributed by atoms with Crippen LogP contribution in [0.4, 0.5) is 0 Å². The molecule has 1 atom stereocenters. The minimum Gasteiger partial charge on any atom is -0.508 e. The van der Waals surface area contributed by atoms with E-state index in [0.717, 1.165) is 5.56 Å². The molecule has 1 heterocycles. The van der Waals surface area contributed by atoms with E-state index in [9.17, 15) is 5.11 Å². The molecule has 0 amide bonds. The third-order valence-electron chi connectivity index (χ3n) is 3.00. The molecule has 1 aromatic rings. The topological polar surface area (TPSA) is 61.8 Å². The SMILES string of the molecule is CC(C)(C)N1C(N)=NCC1c1ccccc1O. The van der Waals surface area contributed by atoms with Crippen molar-refractivity contribution in [1.29, 1.82) is 0 Å². The number of nitrogens with two attached hydrogens (primary N) is 1. The molecule has 0 saturated heterocycles. The number of para-hydroxylation sites is 1. The normalized spacial score (nSPS) is 20.5. The average Bonchev–Trinajstić information content (AvgIpc) is 2.60. The number of phenolic OH excluding ortho intramolecular Hbond substituents is 1. The van der Waals surface area contributed by atoms with Crippen LogP contribution < -0.4 is 5.73 Å².